The summed E-state index contributed by atoms with van der Waals surface area (Å²) in [6, 6.07) is 6.86. The number of benzene rings is 1. The third-order valence-corrected chi connectivity index (χ3v) is 1.76. The third kappa shape index (κ3) is 0.808. The quantitative estimate of drug-likeness (QED) is 0.514. The highest BCUT2D eigenvalue weighted by Crippen LogP contribution is 2.28. The fourth-order valence-corrected chi connectivity index (χ4v) is 1.22. The second-order valence-corrected chi connectivity index (χ2v) is 2.48. The molecule has 0 spiro atoms. The van der Waals surface area contributed by atoms with Gasteiger partial charge in [-0.1, -0.05) is 22.7 Å². The van der Waals surface area contributed by atoms with Crippen molar-refractivity contribution < 1.29 is 9.28 Å². The Morgan fingerprint density at radius 3 is 2.82 bits per heavy atom. The molecule has 2 rings (SSSR count). The summed E-state index contributed by atoms with van der Waals surface area (Å²) in [5, 5.41) is 0.204. The van der Waals surface area contributed by atoms with Crippen LogP contribution in [0.1, 0.15) is 5.56 Å². The fourth-order valence-electron chi connectivity index (χ4n) is 1.22. The van der Waals surface area contributed by atoms with Gasteiger partial charge in [0.15, 0.2) is 0 Å². The highest BCUT2D eigenvalue weighted by molar-refractivity contribution is 5.99. The van der Waals surface area contributed by atoms with Crippen molar-refractivity contribution in [2.45, 2.75) is 6.42 Å². The molecule has 0 unspecified atom stereocenters. The van der Waals surface area contributed by atoms with Crippen molar-refractivity contribution in [3.05, 3.63) is 29.8 Å². The number of carbonyl (C=O) groups excluding carboxylic acids is 1. The van der Waals surface area contributed by atoms with E-state index in [1.54, 1.807) is 24.3 Å². The van der Waals surface area contributed by atoms with E-state index in [1.165, 1.54) is 0 Å². The third-order valence-electron chi connectivity index (χ3n) is 1.76. The maximum Gasteiger partial charge on any atom is 0.259 e. The number of anilines is 1. The number of rotatable bonds is 0. The van der Waals surface area contributed by atoms with Crippen LogP contribution in [-0.4, -0.2) is 5.91 Å². The van der Waals surface area contributed by atoms with Gasteiger partial charge in [0, 0.05) is 0 Å². The molecule has 0 fully saturated rings. The summed E-state index contributed by atoms with van der Waals surface area (Å²) >= 11 is 0. The van der Waals surface area contributed by atoms with Crippen LogP contribution in [0.4, 0.5) is 10.2 Å². The molecule has 11 heavy (non-hydrogen) atoms. The summed E-state index contributed by atoms with van der Waals surface area (Å²) in [6.45, 7) is 0. The van der Waals surface area contributed by atoms with Gasteiger partial charge in [0.05, 0.1) is 12.1 Å². The van der Waals surface area contributed by atoms with Crippen LogP contribution in [0.25, 0.3) is 0 Å². The molecule has 0 aliphatic carbocycles. The minimum absolute atomic E-state index is 0.187. The summed E-state index contributed by atoms with van der Waals surface area (Å²) in [7, 11) is 0. The zero-order valence-corrected chi connectivity index (χ0v) is 5.75. The van der Waals surface area contributed by atoms with Gasteiger partial charge in [-0.2, -0.15) is 0 Å². The molecular formula is C8H6FNO. The Bertz CT molecular complexity index is 311. The van der Waals surface area contributed by atoms with E-state index in [-0.39, 0.29) is 11.5 Å². The molecule has 1 amide bonds. The number of hydrogen-bond donors (Lipinski definition) is 0. The smallest absolute Gasteiger partial charge is 0.259 e. The first-order valence-electron chi connectivity index (χ1n) is 3.35. The molecular weight excluding hydrogens is 145 g/mol. The Labute approximate surface area is 63.2 Å². The average molecular weight is 151 g/mol. The first kappa shape index (κ1) is 6.34. The van der Waals surface area contributed by atoms with E-state index in [0.29, 0.717) is 5.69 Å². The number of nitrogens with zero attached hydrogens (tertiary/aromatic N) is 1. The molecule has 0 saturated carbocycles. The van der Waals surface area contributed by atoms with Crippen molar-refractivity contribution in [1.82, 2.24) is 0 Å². The molecule has 1 aliphatic rings. The minimum Gasteiger partial charge on any atom is -0.272 e. The summed E-state index contributed by atoms with van der Waals surface area (Å²) in [4.78, 5) is 10.8. The molecule has 56 valence electrons. The lowest BCUT2D eigenvalue weighted by Crippen LogP contribution is -2.15. The summed E-state index contributed by atoms with van der Waals surface area (Å²) in [6.07, 6.45) is 0.187. The van der Waals surface area contributed by atoms with E-state index >= 15 is 0 Å². The highest BCUT2D eigenvalue weighted by atomic mass is 19.2. The Kier molecular flexibility index (Phi) is 1.18. The zero-order valence-electron chi connectivity index (χ0n) is 5.75. The molecule has 1 aromatic rings. The van der Waals surface area contributed by atoms with Crippen LogP contribution in [0.5, 0.6) is 0 Å². The second kappa shape index (κ2) is 2.05. The van der Waals surface area contributed by atoms with Crippen LogP contribution >= 0.6 is 0 Å². The Morgan fingerprint density at radius 1 is 1.36 bits per heavy atom. The molecule has 0 N–H and O–H groups in total. The first-order chi connectivity index (χ1) is 5.29. The zero-order chi connectivity index (χ0) is 7.84. The SMILES string of the molecule is O=C1Cc2ccccc2N1F. The molecule has 0 bridgehead atoms. The molecule has 1 aromatic carbocycles. The maximum atomic E-state index is 12.8. The molecule has 0 saturated heterocycles. The number of fused-ring (bicyclic) bond motifs is 1. The van der Waals surface area contributed by atoms with E-state index in [9.17, 15) is 9.28 Å². The van der Waals surface area contributed by atoms with Crippen LogP contribution in [0.3, 0.4) is 0 Å². The van der Waals surface area contributed by atoms with Gasteiger partial charge in [0.25, 0.3) is 5.91 Å². The Hall–Kier alpha value is -1.38. The van der Waals surface area contributed by atoms with Gasteiger partial charge in [0.2, 0.25) is 0 Å². The van der Waals surface area contributed by atoms with Crippen molar-refractivity contribution >= 4 is 11.6 Å². The number of hydrogen-bond acceptors (Lipinski definition) is 1. The van der Waals surface area contributed by atoms with Gasteiger partial charge in [0.1, 0.15) is 0 Å². The monoisotopic (exact) mass is 151 g/mol. The van der Waals surface area contributed by atoms with Crippen LogP contribution in [0, 0.1) is 0 Å². The number of halogens is 1. The standard InChI is InChI=1S/C8H6FNO/c9-10-7-4-2-1-3-6(7)5-8(10)11/h1-4H,5H2. The van der Waals surface area contributed by atoms with Gasteiger partial charge < -0.3 is 0 Å². The number of amides is 1. The predicted octanol–water partition coefficient (Wildman–Crippen LogP) is 1.46. The summed E-state index contributed by atoms with van der Waals surface area (Å²) < 4.78 is 12.8. The molecule has 0 radical (unpaired) electrons. The van der Waals surface area contributed by atoms with Crippen molar-refractivity contribution in [1.29, 1.82) is 0 Å². The topological polar surface area (TPSA) is 20.3 Å². The molecule has 3 heteroatoms. The van der Waals surface area contributed by atoms with E-state index in [2.05, 4.69) is 0 Å². The van der Waals surface area contributed by atoms with Crippen molar-refractivity contribution in [2.24, 2.45) is 0 Å². The second-order valence-electron chi connectivity index (χ2n) is 2.48. The van der Waals surface area contributed by atoms with Gasteiger partial charge >= 0.3 is 0 Å². The van der Waals surface area contributed by atoms with E-state index in [4.69, 9.17) is 0 Å². The van der Waals surface area contributed by atoms with Crippen molar-refractivity contribution in [3.8, 4) is 0 Å². The van der Waals surface area contributed by atoms with Gasteiger partial charge in [-0.25, -0.2) is 0 Å². The molecule has 0 aromatic heterocycles. The largest absolute Gasteiger partial charge is 0.272 e. The highest BCUT2D eigenvalue weighted by Gasteiger charge is 2.26. The van der Waals surface area contributed by atoms with E-state index in [1.807, 2.05) is 0 Å². The molecule has 2 nitrogen and oxygen atoms in total. The number of para-hydroxylation sites is 1. The predicted molar refractivity (Wildman–Crippen MR) is 38.7 cm³/mol. The Balaban J connectivity index is 2.55. The van der Waals surface area contributed by atoms with Gasteiger partial charge in [-0.05, 0) is 11.6 Å². The van der Waals surface area contributed by atoms with Crippen LogP contribution < -0.4 is 5.12 Å². The normalized spacial score (nSPS) is 15.4. The molecule has 0 atom stereocenters. The average Bonchev–Trinajstić information content (AvgIpc) is 2.30. The van der Waals surface area contributed by atoms with Crippen LogP contribution in [0.15, 0.2) is 24.3 Å². The van der Waals surface area contributed by atoms with Crippen molar-refractivity contribution in [3.63, 3.8) is 0 Å². The lowest BCUT2D eigenvalue weighted by molar-refractivity contribution is -0.119. The number of carbonyl (C=O) groups is 1. The Morgan fingerprint density at radius 2 is 2.09 bits per heavy atom. The first-order valence-corrected chi connectivity index (χ1v) is 3.35. The lowest BCUT2D eigenvalue weighted by atomic mass is 10.2. The van der Waals surface area contributed by atoms with Crippen LogP contribution in [0.2, 0.25) is 0 Å². The van der Waals surface area contributed by atoms with E-state index in [0.717, 1.165) is 5.56 Å². The fraction of sp³-hybridized carbons (Fsp3) is 0.125. The van der Waals surface area contributed by atoms with E-state index < -0.39 is 5.91 Å². The van der Waals surface area contributed by atoms with Gasteiger partial charge in [-0.3, -0.25) is 4.79 Å². The van der Waals surface area contributed by atoms with Crippen molar-refractivity contribution in [2.75, 3.05) is 5.12 Å². The maximum absolute atomic E-state index is 12.8. The summed E-state index contributed by atoms with van der Waals surface area (Å²) in [5.74, 6) is -0.480. The van der Waals surface area contributed by atoms with Crippen LogP contribution in [-0.2, 0) is 11.2 Å². The minimum atomic E-state index is -0.480. The molecule has 1 heterocycles. The van der Waals surface area contributed by atoms with Gasteiger partial charge in [-0.15, -0.1) is 5.12 Å². The molecule has 1 aliphatic heterocycles. The lowest BCUT2D eigenvalue weighted by Gasteiger charge is -2.01. The summed E-state index contributed by atoms with van der Waals surface area (Å²) in [5.41, 5.74) is 1.15.